The first kappa shape index (κ1) is 11.4. The normalized spacial score (nSPS) is 26.9. The predicted molar refractivity (Wildman–Crippen MR) is 63.8 cm³/mol. The number of anilines is 1. The minimum absolute atomic E-state index is 0.545. The van der Waals surface area contributed by atoms with Gasteiger partial charge >= 0.3 is 0 Å². The van der Waals surface area contributed by atoms with Crippen molar-refractivity contribution in [2.45, 2.75) is 31.9 Å². The molecule has 1 atom stereocenters. The van der Waals surface area contributed by atoms with Gasteiger partial charge in [-0.1, -0.05) is 0 Å². The molecule has 88 valence electrons. The number of hydrogen-bond donors (Lipinski definition) is 2. The van der Waals surface area contributed by atoms with Crippen molar-refractivity contribution in [3.63, 3.8) is 0 Å². The zero-order valence-electron chi connectivity index (χ0n) is 9.69. The third-order valence-electron chi connectivity index (χ3n) is 3.01. The number of piperidine rings is 1. The van der Waals surface area contributed by atoms with Gasteiger partial charge in [-0.05, 0) is 44.0 Å². The molecule has 0 saturated carbocycles. The average Bonchev–Trinajstić information content (AvgIpc) is 2.15. The molecule has 3 N–H and O–H groups in total. The fourth-order valence-corrected chi connectivity index (χ4v) is 2.31. The van der Waals surface area contributed by atoms with Gasteiger partial charge < -0.3 is 10.8 Å². The van der Waals surface area contributed by atoms with Crippen LogP contribution in [0.1, 0.15) is 25.3 Å². The number of nitrogens with two attached hydrogens (primary N) is 1. The summed E-state index contributed by atoms with van der Waals surface area (Å²) >= 11 is 0. The average molecular weight is 221 g/mol. The van der Waals surface area contributed by atoms with Gasteiger partial charge in [-0.3, -0.25) is 4.90 Å². The number of likely N-dealkylation sites (tertiary alicyclic amines) is 1. The Hall–Kier alpha value is -1.13. The Labute approximate surface area is 96.1 Å². The summed E-state index contributed by atoms with van der Waals surface area (Å²) in [7, 11) is 0. The molecule has 1 fully saturated rings. The van der Waals surface area contributed by atoms with E-state index in [1.54, 1.807) is 6.20 Å². The highest BCUT2D eigenvalue weighted by Gasteiger charge is 2.28. The molecule has 0 radical (unpaired) electrons. The molecule has 4 nitrogen and oxygen atoms in total. The van der Waals surface area contributed by atoms with Crippen molar-refractivity contribution < 1.29 is 5.11 Å². The van der Waals surface area contributed by atoms with Crippen LogP contribution >= 0.6 is 0 Å². The van der Waals surface area contributed by atoms with Crippen LogP contribution in [-0.4, -0.2) is 33.7 Å². The lowest BCUT2D eigenvalue weighted by atomic mass is 9.95. The number of nitrogen functional groups attached to an aromatic ring is 1. The van der Waals surface area contributed by atoms with Crippen molar-refractivity contribution in [1.82, 2.24) is 9.88 Å². The van der Waals surface area contributed by atoms with Crippen LogP contribution in [0.15, 0.2) is 18.3 Å². The van der Waals surface area contributed by atoms with Crippen LogP contribution in [0.4, 0.5) is 5.82 Å². The van der Waals surface area contributed by atoms with Gasteiger partial charge in [-0.2, -0.15) is 0 Å². The molecule has 1 aromatic rings. The van der Waals surface area contributed by atoms with Crippen LogP contribution in [0.3, 0.4) is 0 Å². The van der Waals surface area contributed by atoms with Crippen molar-refractivity contribution in [1.29, 1.82) is 0 Å². The van der Waals surface area contributed by atoms with Crippen LogP contribution in [0.25, 0.3) is 0 Å². The largest absolute Gasteiger partial charge is 0.389 e. The van der Waals surface area contributed by atoms with Crippen molar-refractivity contribution >= 4 is 5.82 Å². The summed E-state index contributed by atoms with van der Waals surface area (Å²) in [4.78, 5) is 6.23. The SMILES string of the molecule is CC1(O)CCCN(Cc2ccnc(N)c2)C1. The zero-order chi connectivity index (χ0) is 11.6. The van der Waals surface area contributed by atoms with Crippen LogP contribution in [0.2, 0.25) is 0 Å². The van der Waals surface area contributed by atoms with E-state index in [0.717, 1.165) is 38.0 Å². The van der Waals surface area contributed by atoms with E-state index >= 15 is 0 Å². The first-order valence-corrected chi connectivity index (χ1v) is 5.70. The molecule has 2 rings (SSSR count). The molecule has 16 heavy (non-hydrogen) atoms. The Balaban J connectivity index is 1.99. The van der Waals surface area contributed by atoms with Gasteiger partial charge in [0.2, 0.25) is 0 Å². The van der Waals surface area contributed by atoms with Crippen LogP contribution < -0.4 is 5.73 Å². The van der Waals surface area contributed by atoms with Crippen LogP contribution in [-0.2, 0) is 6.54 Å². The smallest absolute Gasteiger partial charge is 0.123 e. The number of hydrogen-bond acceptors (Lipinski definition) is 4. The van der Waals surface area contributed by atoms with E-state index in [1.807, 2.05) is 19.1 Å². The molecule has 0 spiro atoms. The maximum absolute atomic E-state index is 10.00. The lowest BCUT2D eigenvalue weighted by molar-refractivity contribution is -0.0181. The monoisotopic (exact) mass is 221 g/mol. The predicted octanol–water partition coefficient (Wildman–Crippen LogP) is 1.01. The second-order valence-corrected chi connectivity index (χ2v) is 4.90. The zero-order valence-corrected chi connectivity index (χ0v) is 9.69. The van der Waals surface area contributed by atoms with E-state index in [4.69, 9.17) is 5.73 Å². The summed E-state index contributed by atoms with van der Waals surface area (Å²) in [5, 5.41) is 10.00. The van der Waals surface area contributed by atoms with Gasteiger partial charge in [0.15, 0.2) is 0 Å². The number of pyridine rings is 1. The molecule has 1 aromatic heterocycles. The summed E-state index contributed by atoms with van der Waals surface area (Å²) in [5.74, 6) is 0.557. The quantitative estimate of drug-likeness (QED) is 0.782. The molecule has 0 aromatic carbocycles. The summed E-state index contributed by atoms with van der Waals surface area (Å²) in [5.41, 5.74) is 6.25. The number of nitrogens with zero attached hydrogens (tertiary/aromatic N) is 2. The molecule has 2 heterocycles. The molecular weight excluding hydrogens is 202 g/mol. The third kappa shape index (κ3) is 2.93. The van der Waals surface area contributed by atoms with Crippen LogP contribution in [0, 0.1) is 0 Å². The molecular formula is C12H19N3O. The van der Waals surface area contributed by atoms with E-state index in [1.165, 1.54) is 0 Å². The van der Waals surface area contributed by atoms with Gasteiger partial charge in [-0.15, -0.1) is 0 Å². The Kier molecular flexibility index (Phi) is 3.12. The molecule has 1 aliphatic rings. The maximum Gasteiger partial charge on any atom is 0.123 e. The second-order valence-electron chi connectivity index (χ2n) is 4.90. The Morgan fingerprint density at radius 2 is 2.44 bits per heavy atom. The highest BCUT2D eigenvalue weighted by atomic mass is 16.3. The van der Waals surface area contributed by atoms with Crippen LogP contribution in [0.5, 0.6) is 0 Å². The highest BCUT2D eigenvalue weighted by molar-refractivity contribution is 5.31. The van der Waals surface area contributed by atoms with Crippen molar-refractivity contribution in [2.75, 3.05) is 18.8 Å². The molecule has 0 amide bonds. The van der Waals surface area contributed by atoms with Crippen molar-refractivity contribution in [3.05, 3.63) is 23.9 Å². The summed E-state index contributed by atoms with van der Waals surface area (Å²) in [6, 6.07) is 3.86. The van der Waals surface area contributed by atoms with E-state index in [2.05, 4.69) is 9.88 Å². The summed E-state index contributed by atoms with van der Waals surface area (Å²) in [6.45, 7) is 4.51. The Morgan fingerprint density at radius 1 is 1.62 bits per heavy atom. The fraction of sp³-hybridized carbons (Fsp3) is 0.583. The van der Waals surface area contributed by atoms with Gasteiger partial charge in [0.1, 0.15) is 5.82 Å². The molecule has 0 bridgehead atoms. The molecule has 1 saturated heterocycles. The number of rotatable bonds is 2. The Morgan fingerprint density at radius 3 is 3.12 bits per heavy atom. The van der Waals surface area contributed by atoms with Crippen molar-refractivity contribution in [3.8, 4) is 0 Å². The summed E-state index contributed by atoms with van der Waals surface area (Å²) in [6.07, 6.45) is 3.67. The summed E-state index contributed by atoms with van der Waals surface area (Å²) < 4.78 is 0. The number of aromatic nitrogens is 1. The first-order chi connectivity index (χ1) is 7.55. The standard InChI is InChI=1S/C12H19N3O/c1-12(16)4-2-6-15(9-12)8-10-3-5-14-11(13)7-10/h3,5,7,16H,2,4,6,8-9H2,1H3,(H2,13,14). The highest BCUT2D eigenvalue weighted by Crippen LogP contribution is 2.21. The minimum atomic E-state index is -0.545. The van der Waals surface area contributed by atoms with E-state index in [0.29, 0.717) is 5.82 Å². The fourth-order valence-electron chi connectivity index (χ4n) is 2.31. The first-order valence-electron chi connectivity index (χ1n) is 5.70. The molecule has 4 heteroatoms. The van der Waals surface area contributed by atoms with E-state index in [-0.39, 0.29) is 0 Å². The number of aliphatic hydroxyl groups is 1. The lowest BCUT2D eigenvalue weighted by Crippen LogP contribution is -2.45. The Bertz CT molecular complexity index is 365. The van der Waals surface area contributed by atoms with Gasteiger partial charge in [0.25, 0.3) is 0 Å². The molecule has 1 unspecified atom stereocenters. The van der Waals surface area contributed by atoms with Gasteiger partial charge in [0.05, 0.1) is 5.60 Å². The molecule has 1 aliphatic heterocycles. The molecule has 0 aliphatic carbocycles. The second kappa shape index (κ2) is 4.39. The third-order valence-corrected chi connectivity index (χ3v) is 3.01. The lowest BCUT2D eigenvalue weighted by Gasteiger charge is -2.36. The maximum atomic E-state index is 10.00. The van der Waals surface area contributed by atoms with Gasteiger partial charge in [0, 0.05) is 19.3 Å². The van der Waals surface area contributed by atoms with E-state index < -0.39 is 5.60 Å². The minimum Gasteiger partial charge on any atom is -0.389 e. The number of β-amino-alcohol motifs (C(OH)–C–C–N with tert-alkyl or cyclic N) is 1. The van der Waals surface area contributed by atoms with Gasteiger partial charge in [-0.25, -0.2) is 4.98 Å². The topological polar surface area (TPSA) is 62.4 Å². The van der Waals surface area contributed by atoms with E-state index in [9.17, 15) is 5.11 Å². The van der Waals surface area contributed by atoms with Crippen molar-refractivity contribution in [2.24, 2.45) is 0 Å².